The first-order chi connectivity index (χ1) is 12.6. The normalized spacial score (nSPS) is 18.2. The van der Waals surface area contributed by atoms with Gasteiger partial charge in [-0.3, -0.25) is 9.59 Å². The van der Waals surface area contributed by atoms with Gasteiger partial charge < -0.3 is 10.6 Å². The monoisotopic (exact) mass is 374 g/mol. The second-order valence-corrected chi connectivity index (χ2v) is 6.80. The first-order valence-electron chi connectivity index (χ1n) is 8.58. The number of benzene rings is 2. The van der Waals surface area contributed by atoms with E-state index in [2.05, 4.69) is 10.6 Å². The Morgan fingerprint density at radius 3 is 2.27 bits per heavy atom. The number of hydrogen-bond donors (Lipinski definition) is 2. The Morgan fingerprint density at radius 2 is 1.58 bits per heavy atom. The first kappa shape index (κ1) is 18.4. The van der Waals surface area contributed by atoms with Crippen molar-refractivity contribution in [2.45, 2.75) is 19.4 Å². The number of hydrogen-bond acceptors (Lipinski definition) is 2. The molecule has 0 aliphatic heterocycles. The van der Waals surface area contributed by atoms with Crippen molar-refractivity contribution in [2.75, 3.05) is 6.54 Å². The van der Waals surface area contributed by atoms with E-state index in [1.54, 1.807) is 24.3 Å². The molecule has 1 fully saturated rings. The van der Waals surface area contributed by atoms with Gasteiger partial charge in [0.05, 0.1) is 11.8 Å². The third-order valence-electron chi connectivity index (χ3n) is 4.53. The van der Waals surface area contributed by atoms with Crippen LogP contribution in [-0.4, -0.2) is 18.4 Å². The van der Waals surface area contributed by atoms with Crippen LogP contribution >= 0.6 is 11.6 Å². The molecule has 26 heavy (non-hydrogen) atoms. The SMILES string of the molecule is O=C(NCCc1ccccc1F)C1CC1C(=O)NCc1ccccc1Cl. The van der Waals surface area contributed by atoms with E-state index in [9.17, 15) is 14.0 Å². The molecule has 2 atom stereocenters. The summed E-state index contributed by atoms with van der Waals surface area (Å²) in [5.74, 6) is -1.17. The molecule has 2 amide bonds. The van der Waals surface area contributed by atoms with E-state index in [4.69, 9.17) is 11.6 Å². The zero-order valence-electron chi connectivity index (χ0n) is 14.2. The number of carbonyl (C=O) groups is 2. The molecule has 3 rings (SSSR count). The molecular formula is C20H20ClFN2O2. The molecule has 0 saturated heterocycles. The molecule has 2 aromatic carbocycles. The minimum absolute atomic E-state index is 0.140. The molecule has 0 spiro atoms. The number of halogens is 2. The fraction of sp³-hybridized carbons (Fsp3) is 0.300. The Labute approximate surface area is 156 Å². The highest BCUT2D eigenvalue weighted by Crippen LogP contribution is 2.38. The lowest BCUT2D eigenvalue weighted by atomic mass is 10.1. The summed E-state index contributed by atoms with van der Waals surface area (Å²) in [5, 5.41) is 6.21. The molecule has 136 valence electrons. The lowest BCUT2D eigenvalue weighted by Gasteiger charge is -2.08. The molecule has 0 radical (unpaired) electrons. The average molecular weight is 375 g/mol. The van der Waals surface area contributed by atoms with E-state index >= 15 is 0 Å². The summed E-state index contributed by atoms with van der Waals surface area (Å²) in [4.78, 5) is 24.3. The van der Waals surface area contributed by atoms with Crippen molar-refractivity contribution in [3.8, 4) is 0 Å². The van der Waals surface area contributed by atoms with Crippen LogP contribution < -0.4 is 10.6 Å². The number of amides is 2. The third kappa shape index (κ3) is 4.61. The summed E-state index contributed by atoms with van der Waals surface area (Å²) in [7, 11) is 0. The first-order valence-corrected chi connectivity index (χ1v) is 8.96. The Kier molecular flexibility index (Phi) is 5.89. The lowest BCUT2D eigenvalue weighted by molar-refractivity contribution is -0.127. The van der Waals surface area contributed by atoms with E-state index in [0.717, 1.165) is 5.56 Å². The van der Waals surface area contributed by atoms with Gasteiger partial charge in [0.1, 0.15) is 5.82 Å². The fourth-order valence-electron chi connectivity index (χ4n) is 2.88. The zero-order valence-corrected chi connectivity index (χ0v) is 14.9. The largest absolute Gasteiger partial charge is 0.356 e. The molecule has 0 aromatic heterocycles. The van der Waals surface area contributed by atoms with Crippen LogP contribution in [0.1, 0.15) is 17.5 Å². The lowest BCUT2D eigenvalue weighted by Crippen LogP contribution is -2.31. The highest BCUT2D eigenvalue weighted by Gasteiger charge is 2.47. The van der Waals surface area contributed by atoms with Gasteiger partial charge in [0.15, 0.2) is 0 Å². The van der Waals surface area contributed by atoms with E-state index in [1.165, 1.54) is 6.07 Å². The molecule has 1 aliphatic rings. The second-order valence-electron chi connectivity index (χ2n) is 6.39. The zero-order chi connectivity index (χ0) is 18.5. The molecule has 0 heterocycles. The summed E-state index contributed by atoms with van der Waals surface area (Å²) in [6.45, 7) is 0.695. The van der Waals surface area contributed by atoms with E-state index in [0.29, 0.717) is 36.5 Å². The fourth-order valence-corrected chi connectivity index (χ4v) is 3.08. The highest BCUT2D eigenvalue weighted by atomic mass is 35.5. The van der Waals surface area contributed by atoms with Gasteiger partial charge in [-0.2, -0.15) is 0 Å². The third-order valence-corrected chi connectivity index (χ3v) is 4.90. The van der Waals surface area contributed by atoms with Gasteiger partial charge in [0, 0.05) is 18.1 Å². The van der Waals surface area contributed by atoms with Gasteiger partial charge >= 0.3 is 0 Å². The standard InChI is InChI=1S/C20H20ClFN2O2/c21-17-7-3-1-6-14(17)12-24-20(26)16-11-15(16)19(25)23-10-9-13-5-2-4-8-18(13)22/h1-8,15-16H,9-12H2,(H,23,25)(H,24,26). The Morgan fingerprint density at radius 1 is 0.962 bits per heavy atom. The molecular weight excluding hydrogens is 355 g/mol. The molecule has 2 N–H and O–H groups in total. The van der Waals surface area contributed by atoms with Crippen molar-refractivity contribution < 1.29 is 14.0 Å². The molecule has 1 saturated carbocycles. The van der Waals surface area contributed by atoms with Crippen LogP contribution in [-0.2, 0) is 22.6 Å². The Balaban J connectivity index is 1.40. The molecule has 2 aromatic rings. The van der Waals surface area contributed by atoms with Crippen LogP contribution in [0, 0.1) is 17.7 Å². The number of nitrogens with one attached hydrogen (secondary N) is 2. The van der Waals surface area contributed by atoms with Crippen LogP contribution in [0.25, 0.3) is 0 Å². The van der Waals surface area contributed by atoms with E-state index in [-0.39, 0.29) is 29.5 Å². The summed E-state index contributed by atoms with van der Waals surface area (Å²) in [5.41, 5.74) is 1.41. The minimum atomic E-state index is -0.304. The molecule has 1 aliphatic carbocycles. The van der Waals surface area contributed by atoms with Crippen molar-refractivity contribution in [3.05, 3.63) is 70.5 Å². The second kappa shape index (κ2) is 8.32. The van der Waals surface area contributed by atoms with Gasteiger partial charge in [-0.05, 0) is 36.1 Å². The predicted molar refractivity (Wildman–Crippen MR) is 98.0 cm³/mol. The average Bonchev–Trinajstić information content (AvgIpc) is 3.43. The highest BCUT2D eigenvalue weighted by molar-refractivity contribution is 6.31. The maximum absolute atomic E-state index is 13.5. The maximum atomic E-state index is 13.5. The van der Waals surface area contributed by atoms with Crippen LogP contribution in [0.2, 0.25) is 5.02 Å². The van der Waals surface area contributed by atoms with Crippen LogP contribution in [0.4, 0.5) is 4.39 Å². The summed E-state index contributed by atoms with van der Waals surface area (Å²) >= 11 is 6.06. The van der Waals surface area contributed by atoms with Gasteiger partial charge in [0.2, 0.25) is 11.8 Å². The number of rotatable bonds is 7. The van der Waals surface area contributed by atoms with Crippen molar-refractivity contribution in [2.24, 2.45) is 11.8 Å². The van der Waals surface area contributed by atoms with Crippen LogP contribution in [0.5, 0.6) is 0 Å². The Hall–Kier alpha value is -2.40. The van der Waals surface area contributed by atoms with Crippen molar-refractivity contribution in [1.82, 2.24) is 10.6 Å². The predicted octanol–water partition coefficient (Wildman–Crippen LogP) is 3.09. The minimum Gasteiger partial charge on any atom is -0.356 e. The van der Waals surface area contributed by atoms with Crippen molar-refractivity contribution >= 4 is 23.4 Å². The Bertz CT molecular complexity index is 812. The van der Waals surface area contributed by atoms with Crippen LogP contribution in [0.15, 0.2) is 48.5 Å². The van der Waals surface area contributed by atoms with E-state index < -0.39 is 0 Å². The quantitative estimate of drug-likeness (QED) is 0.782. The van der Waals surface area contributed by atoms with Crippen molar-refractivity contribution in [3.63, 3.8) is 0 Å². The molecule has 4 nitrogen and oxygen atoms in total. The summed E-state index contributed by atoms with van der Waals surface area (Å²) in [6.07, 6.45) is 0.967. The van der Waals surface area contributed by atoms with Gasteiger partial charge in [0.25, 0.3) is 0 Å². The smallest absolute Gasteiger partial charge is 0.224 e. The topological polar surface area (TPSA) is 58.2 Å². The molecule has 6 heteroatoms. The summed E-state index contributed by atoms with van der Waals surface area (Å²) in [6, 6.07) is 13.8. The molecule has 0 bridgehead atoms. The maximum Gasteiger partial charge on any atom is 0.224 e. The van der Waals surface area contributed by atoms with Gasteiger partial charge in [-0.1, -0.05) is 48.0 Å². The van der Waals surface area contributed by atoms with Gasteiger partial charge in [-0.15, -0.1) is 0 Å². The van der Waals surface area contributed by atoms with Crippen molar-refractivity contribution in [1.29, 1.82) is 0 Å². The van der Waals surface area contributed by atoms with Gasteiger partial charge in [-0.25, -0.2) is 4.39 Å². The van der Waals surface area contributed by atoms with E-state index in [1.807, 2.05) is 18.2 Å². The van der Waals surface area contributed by atoms with Crippen LogP contribution in [0.3, 0.4) is 0 Å². The number of carbonyl (C=O) groups excluding carboxylic acids is 2. The summed E-state index contributed by atoms with van der Waals surface area (Å²) < 4.78 is 13.5. The molecule has 2 unspecified atom stereocenters.